The highest BCUT2D eigenvalue weighted by atomic mass is 16.4. The molecule has 0 bridgehead atoms. The minimum Gasteiger partial charge on any atom is -0.481 e. The molecular weight excluding hydrogens is 354 g/mol. The molecule has 1 amide bonds. The number of carboxylic acid groups (broad SMARTS) is 1. The maximum absolute atomic E-state index is 12.5. The summed E-state index contributed by atoms with van der Waals surface area (Å²) in [6, 6.07) is 14.8. The first-order valence-corrected chi connectivity index (χ1v) is 9.74. The molecule has 0 fully saturated rings. The largest absolute Gasteiger partial charge is 0.481 e. The molecule has 0 aliphatic heterocycles. The van der Waals surface area contributed by atoms with E-state index in [9.17, 15) is 14.4 Å². The maximum atomic E-state index is 12.5. The number of fused-ring (bicyclic) bond motifs is 1. The average molecular weight is 379 g/mol. The van der Waals surface area contributed by atoms with E-state index in [0.717, 1.165) is 24.8 Å². The van der Waals surface area contributed by atoms with Crippen LogP contribution < -0.4 is 5.32 Å². The second-order valence-electron chi connectivity index (χ2n) is 7.22. The number of Topliss-reactive ketones (excluding diaryl/α,β-unsaturated/α-hetero) is 1. The summed E-state index contributed by atoms with van der Waals surface area (Å²) in [6.45, 7) is 0. The molecule has 0 saturated heterocycles. The molecule has 0 spiro atoms. The quantitative estimate of drug-likeness (QED) is 0.648. The number of carboxylic acids is 1. The van der Waals surface area contributed by atoms with Gasteiger partial charge in [-0.1, -0.05) is 42.5 Å². The lowest BCUT2D eigenvalue weighted by Gasteiger charge is -2.18. The van der Waals surface area contributed by atoms with E-state index in [2.05, 4.69) is 5.32 Å². The lowest BCUT2D eigenvalue weighted by molar-refractivity contribution is -0.137. The molecule has 5 heteroatoms. The zero-order valence-corrected chi connectivity index (χ0v) is 15.8. The Labute approximate surface area is 164 Å². The van der Waals surface area contributed by atoms with Gasteiger partial charge in [-0.2, -0.15) is 0 Å². The number of nitrogens with one attached hydrogen (secondary N) is 1. The van der Waals surface area contributed by atoms with Crippen LogP contribution in [0, 0.1) is 0 Å². The lowest BCUT2D eigenvalue weighted by Crippen LogP contribution is -2.29. The van der Waals surface area contributed by atoms with Crippen LogP contribution in [0.3, 0.4) is 0 Å². The first kappa shape index (κ1) is 19.8. The Balaban J connectivity index is 1.56. The van der Waals surface area contributed by atoms with Crippen LogP contribution in [0.1, 0.15) is 65.2 Å². The van der Waals surface area contributed by atoms with E-state index >= 15 is 0 Å². The fraction of sp³-hybridized carbons (Fsp3) is 0.348. The lowest BCUT2D eigenvalue weighted by atomic mass is 10.00. The molecule has 2 N–H and O–H groups in total. The highest BCUT2D eigenvalue weighted by molar-refractivity contribution is 5.98. The smallest absolute Gasteiger partial charge is 0.303 e. The molecule has 0 heterocycles. The van der Waals surface area contributed by atoms with Crippen molar-refractivity contribution in [3.05, 3.63) is 70.8 Å². The molecule has 2 aromatic rings. The Bertz CT molecular complexity index is 860. The van der Waals surface area contributed by atoms with Crippen LogP contribution in [0.2, 0.25) is 0 Å². The zero-order valence-electron chi connectivity index (χ0n) is 15.8. The van der Waals surface area contributed by atoms with Crippen molar-refractivity contribution in [1.29, 1.82) is 0 Å². The van der Waals surface area contributed by atoms with Crippen molar-refractivity contribution in [1.82, 2.24) is 5.32 Å². The molecular formula is C23H25NO4. The average Bonchev–Trinajstić information content (AvgIpc) is 3.17. The fourth-order valence-corrected chi connectivity index (χ4v) is 3.66. The predicted molar refractivity (Wildman–Crippen MR) is 106 cm³/mol. The van der Waals surface area contributed by atoms with Crippen molar-refractivity contribution in [2.24, 2.45) is 0 Å². The van der Waals surface area contributed by atoms with Crippen LogP contribution in [-0.4, -0.2) is 22.8 Å². The number of ketones is 1. The predicted octanol–water partition coefficient (Wildman–Crippen LogP) is 3.86. The minimum atomic E-state index is -0.901. The van der Waals surface area contributed by atoms with Crippen molar-refractivity contribution < 1.29 is 19.5 Å². The van der Waals surface area contributed by atoms with E-state index < -0.39 is 5.97 Å². The third-order valence-corrected chi connectivity index (χ3v) is 5.18. The van der Waals surface area contributed by atoms with E-state index in [1.807, 2.05) is 48.5 Å². The summed E-state index contributed by atoms with van der Waals surface area (Å²) in [4.78, 5) is 35.8. The molecule has 146 valence electrons. The molecule has 1 unspecified atom stereocenters. The maximum Gasteiger partial charge on any atom is 0.303 e. The SMILES string of the molecule is O=C(O)CCC(NC(=O)CCC(=O)c1ccc2c(c1)CCC2)c1ccccc1. The second-order valence-corrected chi connectivity index (χ2v) is 7.22. The first-order valence-electron chi connectivity index (χ1n) is 9.74. The first-order chi connectivity index (χ1) is 13.5. The van der Waals surface area contributed by atoms with Crippen LogP contribution in [0.5, 0.6) is 0 Å². The summed E-state index contributed by atoms with van der Waals surface area (Å²) >= 11 is 0. The zero-order chi connectivity index (χ0) is 19.9. The molecule has 3 rings (SSSR count). The second kappa shape index (κ2) is 9.31. The van der Waals surface area contributed by atoms with Crippen molar-refractivity contribution in [2.45, 2.75) is 51.0 Å². The summed E-state index contributed by atoms with van der Waals surface area (Å²) in [5, 5.41) is 11.8. The van der Waals surface area contributed by atoms with Gasteiger partial charge in [-0.05, 0) is 48.4 Å². The van der Waals surface area contributed by atoms with Crippen LogP contribution in [0.25, 0.3) is 0 Å². The molecule has 0 radical (unpaired) electrons. The van der Waals surface area contributed by atoms with Gasteiger partial charge in [0.1, 0.15) is 0 Å². The number of hydrogen-bond acceptors (Lipinski definition) is 3. The van der Waals surface area contributed by atoms with Crippen molar-refractivity contribution in [3.63, 3.8) is 0 Å². The monoisotopic (exact) mass is 379 g/mol. The number of benzene rings is 2. The minimum absolute atomic E-state index is 0.0338. The van der Waals surface area contributed by atoms with Crippen LogP contribution in [0.4, 0.5) is 0 Å². The van der Waals surface area contributed by atoms with Crippen molar-refractivity contribution in [3.8, 4) is 0 Å². The number of carbonyl (C=O) groups excluding carboxylic acids is 2. The summed E-state index contributed by atoms with van der Waals surface area (Å²) < 4.78 is 0. The molecule has 5 nitrogen and oxygen atoms in total. The Morgan fingerprint density at radius 3 is 2.43 bits per heavy atom. The Morgan fingerprint density at radius 1 is 0.929 bits per heavy atom. The van der Waals surface area contributed by atoms with Gasteiger partial charge in [-0.25, -0.2) is 0 Å². The number of carbonyl (C=O) groups is 3. The number of rotatable bonds is 9. The number of aliphatic carboxylic acids is 1. The van der Waals surface area contributed by atoms with Gasteiger partial charge >= 0.3 is 5.97 Å². The summed E-state index contributed by atoms with van der Waals surface area (Å²) in [5.74, 6) is -1.18. The fourth-order valence-electron chi connectivity index (χ4n) is 3.66. The molecule has 1 atom stereocenters. The Hall–Kier alpha value is -2.95. The van der Waals surface area contributed by atoms with E-state index in [1.165, 1.54) is 11.1 Å². The van der Waals surface area contributed by atoms with Gasteiger partial charge in [0.25, 0.3) is 0 Å². The van der Waals surface area contributed by atoms with E-state index in [0.29, 0.717) is 12.0 Å². The highest BCUT2D eigenvalue weighted by Crippen LogP contribution is 2.24. The van der Waals surface area contributed by atoms with Gasteiger partial charge in [0, 0.05) is 24.8 Å². The third kappa shape index (κ3) is 5.28. The van der Waals surface area contributed by atoms with Crippen LogP contribution in [-0.2, 0) is 22.4 Å². The van der Waals surface area contributed by atoms with Crippen molar-refractivity contribution >= 4 is 17.7 Å². The van der Waals surface area contributed by atoms with Gasteiger partial charge < -0.3 is 10.4 Å². The van der Waals surface area contributed by atoms with Gasteiger partial charge in [0.2, 0.25) is 5.91 Å². The molecule has 2 aromatic carbocycles. The number of amides is 1. The third-order valence-electron chi connectivity index (χ3n) is 5.18. The Kier molecular flexibility index (Phi) is 6.58. The number of aryl methyl sites for hydroxylation is 2. The number of hydrogen-bond donors (Lipinski definition) is 2. The molecule has 1 aliphatic carbocycles. The molecule has 1 aliphatic rings. The molecule has 0 aromatic heterocycles. The summed E-state index contributed by atoms with van der Waals surface area (Å²) in [5.41, 5.74) is 4.09. The van der Waals surface area contributed by atoms with Crippen LogP contribution >= 0.6 is 0 Å². The van der Waals surface area contributed by atoms with Crippen molar-refractivity contribution in [2.75, 3.05) is 0 Å². The van der Waals surface area contributed by atoms with E-state index in [-0.39, 0.29) is 37.0 Å². The molecule has 28 heavy (non-hydrogen) atoms. The topological polar surface area (TPSA) is 83.5 Å². The van der Waals surface area contributed by atoms with Gasteiger partial charge in [0.15, 0.2) is 5.78 Å². The van der Waals surface area contributed by atoms with Crippen LogP contribution in [0.15, 0.2) is 48.5 Å². The summed E-state index contributed by atoms with van der Waals surface area (Å²) in [6.07, 6.45) is 3.73. The van der Waals surface area contributed by atoms with Gasteiger partial charge in [-0.15, -0.1) is 0 Å². The highest BCUT2D eigenvalue weighted by Gasteiger charge is 2.18. The van der Waals surface area contributed by atoms with Gasteiger partial charge in [0.05, 0.1) is 6.04 Å². The molecule has 0 saturated carbocycles. The van der Waals surface area contributed by atoms with Gasteiger partial charge in [-0.3, -0.25) is 14.4 Å². The standard InChI is InChI=1S/C23H25NO4/c25-21(19-10-9-16-7-4-8-18(16)15-19)12-13-22(26)24-20(11-14-23(27)28)17-5-2-1-3-6-17/h1-3,5-6,9-10,15,20H,4,7-8,11-14H2,(H,24,26)(H,27,28). The van der Waals surface area contributed by atoms with E-state index in [4.69, 9.17) is 5.11 Å². The summed E-state index contributed by atoms with van der Waals surface area (Å²) in [7, 11) is 0. The van der Waals surface area contributed by atoms with E-state index in [1.54, 1.807) is 0 Å². The normalized spacial score (nSPS) is 13.6. The Morgan fingerprint density at radius 2 is 1.68 bits per heavy atom.